The molecule has 2 aliphatic heterocycles. The van der Waals surface area contributed by atoms with E-state index in [0.717, 1.165) is 10.6 Å². The highest BCUT2D eigenvalue weighted by molar-refractivity contribution is 8.14. The quantitative estimate of drug-likeness (QED) is 0.803. The average molecular weight is 288 g/mol. The summed E-state index contributed by atoms with van der Waals surface area (Å²) in [6.07, 6.45) is 0. The molecule has 2 aromatic rings. The fraction of sp³-hybridized carbons (Fsp3) is 0.286. The number of fused-ring (bicyclic) bond motifs is 2. The first-order valence-electron chi connectivity index (χ1n) is 6.39. The standard InChI is InChI=1S/C14H12N2O3S/c17-12-10(7-9-3-1-2-4-11(9)19-12)14(18)8-20-13-15-5-6-16(13)14/h1-4,7,18H,5-6,8H2. The van der Waals surface area contributed by atoms with Crippen LogP contribution in [0.3, 0.4) is 0 Å². The van der Waals surface area contributed by atoms with E-state index in [2.05, 4.69) is 4.99 Å². The molecule has 0 aliphatic carbocycles. The van der Waals surface area contributed by atoms with E-state index in [1.807, 2.05) is 18.2 Å². The first-order chi connectivity index (χ1) is 9.68. The van der Waals surface area contributed by atoms with Crippen LogP contribution in [-0.4, -0.2) is 34.0 Å². The SMILES string of the molecule is O=c1oc2ccccc2cc1C1(O)CSC2=NCCN21. The summed E-state index contributed by atoms with van der Waals surface area (Å²) < 4.78 is 5.33. The van der Waals surface area contributed by atoms with E-state index in [0.29, 0.717) is 24.4 Å². The fourth-order valence-electron chi connectivity index (χ4n) is 2.70. The average Bonchev–Trinajstić information content (AvgIpc) is 3.03. The Labute approximate surface area is 118 Å². The van der Waals surface area contributed by atoms with Crippen LogP contribution in [0.1, 0.15) is 5.56 Å². The second-order valence-corrected chi connectivity index (χ2v) is 5.85. The van der Waals surface area contributed by atoms with Crippen molar-refractivity contribution in [3.63, 3.8) is 0 Å². The molecule has 20 heavy (non-hydrogen) atoms. The lowest BCUT2D eigenvalue weighted by atomic mass is 10.0. The van der Waals surface area contributed by atoms with Crippen LogP contribution in [0.5, 0.6) is 0 Å². The van der Waals surface area contributed by atoms with Gasteiger partial charge in [0.15, 0.2) is 10.9 Å². The second-order valence-electron chi connectivity index (χ2n) is 4.91. The van der Waals surface area contributed by atoms with Crippen LogP contribution in [-0.2, 0) is 5.72 Å². The van der Waals surface area contributed by atoms with E-state index in [4.69, 9.17) is 4.42 Å². The van der Waals surface area contributed by atoms with Crippen molar-refractivity contribution in [3.8, 4) is 0 Å². The molecule has 3 heterocycles. The zero-order valence-electron chi connectivity index (χ0n) is 10.6. The molecule has 4 rings (SSSR count). The zero-order valence-corrected chi connectivity index (χ0v) is 11.4. The summed E-state index contributed by atoms with van der Waals surface area (Å²) in [5.74, 6) is 0.398. The number of aliphatic hydroxyl groups is 1. The Morgan fingerprint density at radius 2 is 2.25 bits per heavy atom. The van der Waals surface area contributed by atoms with Gasteiger partial charge in [-0.3, -0.25) is 4.99 Å². The van der Waals surface area contributed by atoms with Crippen molar-refractivity contribution in [1.29, 1.82) is 0 Å². The first kappa shape index (κ1) is 12.0. The summed E-state index contributed by atoms with van der Waals surface area (Å²) in [5, 5.41) is 12.6. The lowest BCUT2D eigenvalue weighted by molar-refractivity contribution is -0.0449. The molecular weight excluding hydrogens is 276 g/mol. The minimum atomic E-state index is -1.31. The summed E-state index contributed by atoms with van der Waals surface area (Å²) in [5.41, 5.74) is -0.980. The largest absolute Gasteiger partial charge is 0.422 e. The van der Waals surface area contributed by atoms with Gasteiger partial charge in [0.05, 0.1) is 17.9 Å². The monoisotopic (exact) mass is 288 g/mol. The van der Waals surface area contributed by atoms with Gasteiger partial charge in [-0.05, 0) is 12.1 Å². The van der Waals surface area contributed by atoms with Crippen molar-refractivity contribution in [2.24, 2.45) is 4.99 Å². The Balaban J connectivity index is 1.92. The van der Waals surface area contributed by atoms with Crippen LogP contribution in [0, 0.1) is 0 Å². The molecule has 0 bridgehead atoms. The Bertz CT molecular complexity index is 785. The highest BCUT2D eigenvalue weighted by Crippen LogP contribution is 2.39. The smallest absolute Gasteiger partial charge is 0.344 e. The molecule has 0 spiro atoms. The van der Waals surface area contributed by atoms with Gasteiger partial charge in [0.1, 0.15) is 5.58 Å². The molecular formula is C14H12N2O3S. The molecule has 6 heteroatoms. The molecule has 1 unspecified atom stereocenters. The maximum Gasteiger partial charge on any atom is 0.344 e. The number of thioether (sulfide) groups is 1. The Morgan fingerprint density at radius 3 is 3.15 bits per heavy atom. The highest BCUT2D eigenvalue weighted by Gasteiger charge is 2.48. The predicted octanol–water partition coefficient (Wildman–Crippen LogP) is 1.36. The van der Waals surface area contributed by atoms with Gasteiger partial charge < -0.3 is 14.4 Å². The maximum absolute atomic E-state index is 12.2. The molecule has 0 saturated carbocycles. The molecule has 2 aliphatic rings. The van der Waals surface area contributed by atoms with Gasteiger partial charge in [-0.25, -0.2) is 4.79 Å². The molecule has 5 nitrogen and oxygen atoms in total. The number of nitrogens with zero attached hydrogens (tertiary/aromatic N) is 2. The van der Waals surface area contributed by atoms with Crippen LogP contribution in [0.4, 0.5) is 0 Å². The molecule has 1 saturated heterocycles. The third-order valence-electron chi connectivity index (χ3n) is 3.72. The maximum atomic E-state index is 12.2. The van der Waals surface area contributed by atoms with E-state index >= 15 is 0 Å². The van der Waals surface area contributed by atoms with E-state index in [9.17, 15) is 9.90 Å². The number of amidine groups is 1. The normalized spacial score (nSPS) is 25.1. The third kappa shape index (κ3) is 1.55. The lowest BCUT2D eigenvalue weighted by Gasteiger charge is -2.30. The Kier molecular flexibility index (Phi) is 2.46. The molecule has 0 radical (unpaired) electrons. The number of aliphatic imine (C=N–C) groups is 1. The fourth-order valence-corrected chi connectivity index (χ4v) is 3.92. The van der Waals surface area contributed by atoms with E-state index < -0.39 is 11.4 Å². The molecule has 1 atom stereocenters. The Hall–Kier alpha value is -1.79. The van der Waals surface area contributed by atoms with Crippen molar-refractivity contribution in [2.75, 3.05) is 18.8 Å². The molecule has 0 amide bonds. The van der Waals surface area contributed by atoms with Gasteiger partial charge in [-0.15, -0.1) is 0 Å². The minimum absolute atomic E-state index is 0.288. The molecule has 1 aromatic heterocycles. The van der Waals surface area contributed by atoms with Crippen molar-refractivity contribution < 1.29 is 9.52 Å². The van der Waals surface area contributed by atoms with Crippen LogP contribution < -0.4 is 5.63 Å². The third-order valence-corrected chi connectivity index (χ3v) is 4.88. The number of para-hydroxylation sites is 1. The number of hydrogen-bond donors (Lipinski definition) is 1. The van der Waals surface area contributed by atoms with Crippen molar-refractivity contribution in [3.05, 3.63) is 46.3 Å². The van der Waals surface area contributed by atoms with Gasteiger partial charge in [-0.1, -0.05) is 30.0 Å². The molecule has 1 fully saturated rings. The van der Waals surface area contributed by atoms with Crippen molar-refractivity contribution in [1.82, 2.24) is 4.90 Å². The summed E-state index contributed by atoms with van der Waals surface area (Å²) in [6, 6.07) is 9.03. The zero-order chi connectivity index (χ0) is 13.7. The van der Waals surface area contributed by atoms with Gasteiger partial charge in [0, 0.05) is 11.9 Å². The summed E-state index contributed by atoms with van der Waals surface area (Å²) in [4.78, 5) is 18.3. The molecule has 1 aromatic carbocycles. The second kappa shape index (κ2) is 4.10. The first-order valence-corrected chi connectivity index (χ1v) is 7.38. The van der Waals surface area contributed by atoms with E-state index in [1.165, 1.54) is 11.8 Å². The number of hydrogen-bond acceptors (Lipinski definition) is 6. The van der Waals surface area contributed by atoms with Crippen LogP contribution in [0.2, 0.25) is 0 Å². The van der Waals surface area contributed by atoms with Gasteiger partial charge in [-0.2, -0.15) is 0 Å². The van der Waals surface area contributed by atoms with Crippen molar-refractivity contribution >= 4 is 27.9 Å². The number of benzene rings is 1. The predicted molar refractivity (Wildman–Crippen MR) is 77.8 cm³/mol. The highest BCUT2D eigenvalue weighted by atomic mass is 32.2. The van der Waals surface area contributed by atoms with E-state index in [1.54, 1.807) is 17.0 Å². The van der Waals surface area contributed by atoms with Gasteiger partial charge in [0.25, 0.3) is 0 Å². The Morgan fingerprint density at radius 1 is 1.40 bits per heavy atom. The van der Waals surface area contributed by atoms with Gasteiger partial charge in [0.2, 0.25) is 0 Å². The van der Waals surface area contributed by atoms with Crippen LogP contribution >= 0.6 is 11.8 Å². The van der Waals surface area contributed by atoms with Crippen LogP contribution in [0.25, 0.3) is 11.0 Å². The minimum Gasteiger partial charge on any atom is -0.422 e. The molecule has 1 N–H and O–H groups in total. The van der Waals surface area contributed by atoms with Crippen LogP contribution in [0.15, 0.2) is 44.5 Å². The number of rotatable bonds is 1. The summed E-state index contributed by atoms with van der Waals surface area (Å²) in [6.45, 7) is 1.29. The topological polar surface area (TPSA) is 66.0 Å². The molecule has 102 valence electrons. The summed E-state index contributed by atoms with van der Waals surface area (Å²) >= 11 is 1.47. The summed E-state index contributed by atoms with van der Waals surface area (Å²) in [7, 11) is 0. The lowest BCUT2D eigenvalue weighted by Crippen LogP contribution is -2.46. The van der Waals surface area contributed by atoms with Crippen molar-refractivity contribution in [2.45, 2.75) is 5.72 Å². The van der Waals surface area contributed by atoms with E-state index in [-0.39, 0.29) is 5.56 Å². The van der Waals surface area contributed by atoms with Gasteiger partial charge >= 0.3 is 5.63 Å².